The number of fused-ring (bicyclic) bond motifs is 6. The Morgan fingerprint density at radius 2 is 0.870 bits per heavy atom. The van der Waals surface area contributed by atoms with E-state index in [0.717, 1.165) is 11.1 Å². The summed E-state index contributed by atoms with van der Waals surface area (Å²) in [6.45, 7) is 4.47. The van der Waals surface area contributed by atoms with E-state index in [9.17, 15) is 14.7 Å². The number of benzene rings is 6. The van der Waals surface area contributed by atoms with Crippen LogP contribution in [0.25, 0.3) is 11.1 Å². The lowest BCUT2D eigenvalue weighted by Gasteiger charge is -2.31. The maximum Gasteiger partial charge on any atom is 0.338 e. The molecule has 6 aromatic carbocycles. The molecule has 1 N–H and O–H groups in total. The Hall–Kier alpha value is -8.66. The van der Waals surface area contributed by atoms with E-state index in [1.807, 2.05) is 80.6 Å². The fourth-order valence-electron chi connectivity index (χ4n) is 8.88. The number of aromatic hydroxyl groups is 1. The Morgan fingerprint density at radius 1 is 0.478 bits per heavy atom. The van der Waals surface area contributed by atoms with Gasteiger partial charge in [-0.15, -0.1) is 0 Å². The molecule has 0 fully saturated rings. The van der Waals surface area contributed by atoms with Crippen molar-refractivity contribution < 1.29 is 76.3 Å². The molecule has 0 aliphatic carbocycles. The van der Waals surface area contributed by atoms with Crippen molar-refractivity contribution in [2.75, 3.05) is 41.4 Å². The molecule has 6 aliphatic rings. The predicted molar refractivity (Wildman–Crippen MR) is 243 cm³/mol. The second-order valence-electron chi connectivity index (χ2n) is 16.4. The molecule has 6 aromatic rings. The van der Waals surface area contributed by atoms with Gasteiger partial charge in [0.1, 0.15) is 23.0 Å². The van der Waals surface area contributed by atoms with Gasteiger partial charge in [0.05, 0.1) is 31.5 Å². The van der Waals surface area contributed by atoms with Crippen LogP contribution in [0, 0.1) is 0 Å². The fraction of sp³-hybridized carbons (Fsp3) is 0.208. The van der Waals surface area contributed by atoms with Crippen LogP contribution in [0.3, 0.4) is 0 Å². The van der Waals surface area contributed by atoms with Gasteiger partial charge in [0.2, 0.25) is 27.2 Å². The second kappa shape index (κ2) is 17.5. The van der Waals surface area contributed by atoms with Crippen LogP contribution in [0.5, 0.6) is 69.0 Å². The topological polar surface area (TPSA) is 174 Å². The van der Waals surface area contributed by atoms with Crippen molar-refractivity contribution in [2.24, 2.45) is 0 Å². The average Bonchev–Trinajstić information content (AvgIpc) is 4.22. The molecule has 0 saturated heterocycles. The first-order chi connectivity index (χ1) is 33.6. The molecular weight excluding hydrogens is 893 g/mol. The van der Waals surface area contributed by atoms with Gasteiger partial charge in [-0.3, -0.25) is 0 Å². The van der Waals surface area contributed by atoms with Gasteiger partial charge in [-0.05, 0) is 110 Å². The summed E-state index contributed by atoms with van der Waals surface area (Å²) < 4.78 is 73.2. The number of ether oxygens (including phenoxy) is 13. The van der Waals surface area contributed by atoms with E-state index in [2.05, 4.69) is 0 Å². The molecule has 0 radical (unpaired) electrons. The van der Waals surface area contributed by atoms with Crippen LogP contribution in [0.4, 0.5) is 0 Å². The molecule has 0 bridgehead atoms. The number of hydrogen-bond acceptors (Lipinski definition) is 16. The molecule has 0 amide bonds. The number of phenols is 1. The molecule has 0 aromatic heterocycles. The van der Waals surface area contributed by atoms with Crippen molar-refractivity contribution in [1.82, 2.24) is 0 Å². The summed E-state index contributed by atoms with van der Waals surface area (Å²) in [7, 11) is 2.68. The lowest BCUT2D eigenvalue weighted by molar-refractivity contribution is -0.138. The number of hydrogen-bond donors (Lipinski definition) is 1. The minimum atomic E-state index is -0.788. The van der Waals surface area contributed by atoms with E-state index >= 15 is 0 Å². The highest BCUT2D eigenvalue weighted by molar-refractivity contribution is 6.06. The normalized spacial score (nSPS) is 17.2. The smallest absolute Gasteiger partial charge is 0.338 e. The first-order valence-corrected chi connectivity index (χ1v) is 21.9. The van der Waals surface area contributed by atoms with E-state index in [-0.39, 0.29) is 44.6 Å². The Bertz CT molecular complexity index is 3130. The molecule has 2 atom stereocenters. The highest BCUT2D eigenvalue weighted by Gasteiger charge is 2.39. The van der Waals surface area contributed by atoms with Crippen molar-refractivity contribution in [1.29, 1.82) is 0 Å². The van der Waals surface area contributed by atoms with Crippen LogP contribution >= 0.6 is 0 Å². The number of carbonyl (C=O) groups is 2. The Labute approximate surface area is 394 Å². The van der Waals surface area contributed by atoms with Gasteiger partial charge < -0.3 is 66.7 Å². The van der Waals surface area contributed by atoms with Crippen molar-refractivity contribution >= 4 is 23.1 Å². The summed E-state index contributed by atoms with van der Waals surface area (Å²) in [5.41, 5.74) is 6.02. The van der Waals surface area contributed by atoms with E-state index < -0.39 is 24.1 Å². The molecule has 6 heterocycles. The van der Waals surface area contributed by atoms with Gasteiger partial charge in [-0.25, -0.2) is 9.59 Å². The van der Waals surface area contributed by atoms with Gasteiger partial charge >= 0.3 is 11.9 Å². The van der Waals surface area contributed by atoms with Crippen LogP contribution in [-0.2, 0) is 19.1 Å². The highest BCUT2D eigenvalue weighted by atomic mass is 16.7. The summed E-state index contributed by atoms with van der Waals surface area (Å²) in [5.74, 6) is 5.63. The third kappa shape index (κ3) is 7.88. The first-order valence-electron chi connectivity index (χ1n) is 21.9. The molecule has 0 spiro atoms. The Kier molecular flexibility index (Phi) is 10.9. The zero-order chi connectivity index (χ0) is 47.3. The molecule has 350 valence electrons. The largest absolute Gasteiger partial charge is 0.508 e. The molecule has 0 saturated carbocycles. The van der Waals surface area contributed by atoms with Crippen LogP contribution in [-0.4, -0.2) is 64.5 Å². The van der Waals surface area contributed by atoms with Crippen LogP contribution in [0.2, 0.25) is 0 Å². The summed E-state index contributed by atoms with van der Waals surface area (Å²) in [4.78, 5) is 26.5. The van der Waals surface area contributed by atoms with Crippen molar-refractivity contribution in [3.8, 4) is 69.0 Å². The third-order valence-electron chi connectivity index (χ3n) is 11.9. The van der Waals surface area contributed by atoms with Crippen LogP contribution < -0.4 is 52.1 Å². The molecule has 12 rings (SSSR count). The first kappa shape index (κ1) is 42.9. The highest BCUT2D eigenvalue weighted by Crippen LogP contribution is 2.51. The molecule has 6 aliphatic heterocycles. The third-order valence-corrected chi connectivity index (χ3v) is 11.9. The maximum absolute atomic E-state index is 13.4. The van der Waals surface area contributed by atoms with E-state index in [1.54, 1.807) is 36.4 Å². The standard InChI is InChI=1S/C28H24O8.C25H18O8/c1-15(2)35-18-6-9-20-19(12-18)25(16-4-7-21-23(10-16)33-13-31-21)26(28(29)30-3)27(36-20)17-5-8-22-24(11-17)34-14-32-22;1-28-25(27)23-22(13-2-5-18-20(8-13)31-11-29-18)16-10-15(26)4-7-17(16)33-24(23)14-3-6-19-21(9-14)32-12-30-19/h4-12,15,27H,13-14H2,1-3H3;2-10,24,26H,11-12H2,1H3. The number of methoxy groups -OCH3 is 2. The van der Waals surface area contributed by atoms with Crippen molar-refractivity contribution in [2.45, 2.75) is 32.2 Å². The molecule has 16 nitrogen and oxygen atoms in total. The van der Waals surface area contributed by atoms with Crippen molar-refractivity contribution in [3.63, 3.8) is 0 Å². The number of esters is 2. The monoisotopic (exact) mass is 934 g/mol. The summed E-state index contributed by atoms with van der Waals surface area (Å²) in [6.07, 6.45) is -1.56. The minimum Gasteiger partial charge on any atom is -0.508 e. The number of carbonyl (C=O) groups excluding carboxylic acids is 2. The van der Waals surface area contributed by atoms with Gasteiger partial charge in [0.25, 0.3) is 0 Å². The summed E-state index contributed by atoms with van der Waals surface area (Å²) in [6, 6.07) is 32.3. The maximum atomic E-state index is 13.4. The zero-order valence-electron chi connectivity index (χ0n) is 37.5. The fourth-order valence-corrected chi connectivity index (χ4v) is 8.88. The number of rotatable bonds is 8. The SMILES string of the molecule is COC(=O)C1=C(c2ccc3c(c2)OCO3)c2cc(O)ccc2OC1c1ccc2c(c1)OCO2.COC(=O)C1=C(c2ccc3c(c2)OCO3)c2cc(OC(C)C)ccc2OC1c1ccc2c(c1)OCO2. The van der Waals surface area contributed by atoms with Gasteiger partial charge in [-0.2, -0.15) is 0 Å². The molecule has 69 heavy (non-hydrogen) atoms. The van der Waals surface area contributed by atoms with Gasteiger partial charge in [0, 0.05) is 33.4 Å². The number of phenolic OH excluding ortho intramolecular Hbond substituents is 1. The molecule has 16 heteroatoms. The van der Waals surface area contributed by atoms with E-state index in [1.165, 1.54) is 20.3 Å². The molecule has 2 unspecified atom stereocenters. The van der Waals surface area contributed by atoms with E-state index in [0.29, 0.717) is 102 Å². The Balaban J connectivity index is 0.000000151. The Morgan fingerprint density at radius 3 is 1.32 bits per heavy atom. The second-order valence-corrected chi connectivity index (χ2v) is 16.4. The lowest BCUT2D eigenvalue weighted by atomic mass is 9.85. The summed E-state index contributed by atoms with van der Waals surface area (Å²) >= 11 is 0. The predicted octanol–water partition coefficient (Wildman–Crippen LogP) is 9.00. The molecular formula is C53H42O16. The zero-order valence-corrected chi connectivity index (χ0v) is 37.5. The van der Waals surface area contributed by atoms with Crippen LogP contribution in [0.15, 0.2) is 120 Å². The van der Waals surface area contributed by atoms with Crippen LogP contribution in [0.1, 0.15) is 59.4 Å². The van der Waals surface area contributed by atoms with Gasteiger partial charge in [0.15, 0.2) is 58.2 Å². The summed E-state index contributed by atoms with van der Waals surface area (Å²) in [5, 5.41) is 10.2. The lowest BCUT2D eigenvalue weighted by Crippen LogP contribution is -2.24. The quantitative estimate of drug-likeness (QED) is 0.143. The van der Waals surface area contributed by atoms with Gasteiger partial charge in [-0.1, -0.05) is 24.3 Å². The van der Waals surface area contributed by atoms with Crippen molar-refractivity contribution in [3.05, 3.63) is 154 Å². The average molecular weight is 935 g/mol. The van der Waals surface area contributed by atoms with E-state index in [4.69, 9.17) is 61.6 Å². The minimum absolute atomic E-state index is 0.0213.